The highest BCUT2D eigenvalue weighted by molar-refractivity contribution is 7.84. The van der Waals surface area contributed by atoms with Gasteiger partial charge in [0.15, 0.2) is 0 Å². The Labute approximate surface area is 64.1 Å². The molecule has 3 heteroatoms. The third kappa shape index (κ3) is 2.06. The van der Waals surface area contributed by atoms with E-state index in [1.54, 1.807) is 6.26 Å². The van der Waals surface area contributed by atoms with Gasteiger partial charge in [-0.2, -0.15) is 0 Å². The lowest BCUT2D eigenvalue weighted by Crippen LogP contribution is -2.26. The van der Waals surface area contributed by atoms with Gasteiger partial charge >= 0.3 is 0 Å². The molecular formula is C7H14O2S. The first-order valence-corrected chi connectivity index (χ1v) is 5.32. The molecule has 0 spiro atoms. The number of hydrogen-bond acceptors (Lipinski definition) is 2. The zero-order valence-electron chi connectivity index (χ0n) is 6.25. The van der Waals surface area contributed by atoms with Crippen molar-refractivity contribution in [3.63, 3.8) is 0 Å². The van der Waals surface area contributed by atoms with E-state index in [4.69, 9.17) is 0 Å². The molecular weight excluding hydrogens is 148 g/mol. The first-order valence-electron chi connectivity index (χ1n) is 3.70. The summed E-state index contributed by atoms with van der Waals surface area (Å²) in [6.07, 6.45) is 5.23. The number of aliphatic hydroxyl groups excluding tert-OH is 1. The summed E-state index contributed by atoms with van der Waals surface area (Å²) in [5, 5.41) is 9.45. The molecule has 1 aliphatic rings. The van der Waals surface area contributed by atoms with Gasteiger partial charge in [0, 0.05) is 22.3 Å². The Bertz CT molecular complexity index is 136. The fourth-order valence-electron chi connectivity index (χ4n) is 1.42. The van der Waals surface area contributed by atoms with Crippen molar-refractivity contribution < 1.29 is 9.32 Å². The molecule has 0 heterocycles. The predicted molar refractivity (Wildman–Crippen MR) is 42.3 cm³/mol. The lowest BCUT2D eigenvalue weighted by Gasteiger charge is -2.23. The number of hydrogen-bond donors (Lipinski definition) is 1. The van der Waals surface area contributed by atoms with E-state index in [0.717, 1.165) is 25.7 Å². The summed E-state index contributed by atoms with van der Waals surface area (Å²) < 4.78 is 10.9. The van der Waals surface area contributed by atoms with Crippen molar-refractivity contribution in [2.24, 2.45) is 0 Å². The van der Waals surface area contributed by atoms with E-state index in [1.807, 2.05) is 0 Å². The van der Waals surface area contributed by atoms with E-state index in [9.17, 15) is 9.32 Å². The average Bonchev–Trinajstić information content (AvgIpc) is 1.88. The third-order valence-electron chi connectivity index (χ3n) is 2.07. The van der Waals surface area contributed by atoms with Crippen LogP contribution in [-0.4, -0.2) is 26.9 Å². The van der Waals surface area contributed by atoms with Crippen LogP contribution in [0.5, 0.6) is 0 Å². The quantitative estimate of drug-likeness (QED) is 0.615. The molecule has 2 nitrogen and oxygen atoms in total. The van der Waals surface area contributed by atoms with Crippen molar-refractivity contribution in [2.45, 2.75) is 37.0 Å². The van der Waals surface area contributed by atoms with Crippen LogP contribution in [0.4, 0.5) is 0 Å². The second kappa shape index (κ2) is 3.49. The molecule has 0 aromatic rings. The van der Waals surface area contributed by atoms with E-state index in [2.05, 4.69) is 0 Å². The summed E-state index contributed by atoms with van der Waals surface area (Å²) in [6, 6.07) is 0. The van der Waals surface area contributed by atoms with Crippen LogP contribution in [0, 0.1) is 0 Å². The Balaban J connectivity index is 2.39. The lowest BCUT2D eigenvalue weighted by molar-refractivity contribution is 0.132. The summed E-state index contributed by atoms with van der Waals surface area (Å²) in [5.74, 6) is 0. The first kappa shape index (κ1) is 8.21. The van der Waals surface area contributed by atoms with Crippen molar-refractivity contribution >= 4 is 10.8 Å². The van der Waals surface area contributed by atoms with Gasteiger partial charge in [0.05, 0.1) is 6.10 Å². The Morgan fingerprint density at radius 3 is 2.60 bits per heavy atom. The van der Waals surface area contributed by atoms with E-state index in [-0.39, 0.29) is 11.4 Å². The zero-order valence-corrected chi connectivity index (χ0v) is 7.06. The highest BCUT2D eigenvalue weighted by atomic mass is 32.2. The Morgan fingerprint density at radius 2 is 2.20 bits per heavy atom. The van der Waals surface area contributed by atoms with Crippen molar-refractivity contribution in [3.05, 3.63) is 0 Å². The fraction of sp³-hybridized carbons (Fsp3) is 1.00. The van der Waals surface area contributed by atoms with Gasteiger partial charge in [-0.25, -0.2) is 0 Å². The van der Waals surface area contributed by atoms with Gasteiger partial charge in [0.2, 0.25) is 0 Å². The van der Waals surface area contributed by atoms with E-state index >= 15 is 0 Å². The van der Waals surface area contributed by atoms with E-state index in [1.165, 1.54) is 0 Å². The molecule has 1 aliphatic carbocycles. The minimum absolute atomic E-state index is 0.192. The first-order chi connectivity index (χ1) is 4.70. The maximum atomic E-state index is 10.9. The summed E-state index contributed by atoms with van der Waals surface area (Å²) in [5.41, 5.74) is 0. The molecule has 3 atom stereocenters. The molecule has 0 saturated heterocycles. The smallest absolute Gasteiger partial charge is 0.0551 e. The standard InChI is InChI=1S/C7H14O2S/c1-10(9)7-4-2-3-6(8)5-7/h6-8H,2-5H2,1H3. The van der Waals surface area contributed by atoms with Gasteiger partial charge in [0.1, 0.15) is 0 Å². The fourth-order valence-corrected chi connectivity index (χ4v) is 2.41. The van der Waals surface area contributed by atoms with Gasteiger partial charge < -0.3 is 5.11 Å². The van der Waals surface area contributed by atoms with Gasteiger partial charge in [0.25, 0.3) is 0 Å². The normalized spacial score (nSPS) is 37.4. The minimum Gasteiger partial charge on any atom is -0.393 e. The molecule has 1 fully saturated rings. The molecule has 0 aromatic heterocycles. The Kier molecular flexibility index (Phi) is 2.86. The molecule has 0 bridgehead atoms. The van der Waals surface area contributed by atoms with Gasteiger partial charge in [-0.05, 0) is 25.7 Å². The second-order valence-electron chi connectivity index (χ2n) is 2.94. The second-order valence-corrected chi connectivity index (χ2v) is 4.60. The topological polar surface area (TPSA) is 37.3 Å². The molecule has 10 heavy (non-hydrogen) atoms. The van der Waals surface area contributed by atoms with Crippen LogP contribution >= 0.6 is 0 Å². The van der Waals surface area contributed by atoms with Crippen LogP contribution in [0.1, 0.15) is 25.7 Å². The van der Waals surface area contributed by atoms with Crippen LogP contribution < -0.4 is 0 Å². The molecule has 60 valence electrons. The summed E-state index contributed by atoms with van der Waals surface area (Å²) >= 11 is 0. The predicted octanol–water partition coefficient (Wildman–Crippen LogP) is 0.668. The van der Waals surface area contributed by atoms with Crippen molar-refractivity contribution in [1.29, 1.82) is 0 Å². The van der Waals surface area contributed by atoms with E-state index in [0.29, 0.717) is 0 Å². The van der Waals surface area contributed by atoms with Crippen LogP contribution in [0.3, 0.4) is 0 Å². The van der Waals surface area contributed by atoms with Crippen LogP contribution in [0.2, 0.25) is 0 Å². The maximum Gasteiger partial charge on any atom is 0.0551 e. The van der Waals surface area contributed by atoms with Gasteiger partial charge in [-0.15, -0.1) is 0 Å². The van der Waals surface area contributed by atoms with Gasteiger partial charge in [-0.3, -0.25) is 4.21 Å². The lowest BCUT2D eigenvalue weighted by atomic mass is 9.97. The molecule has 1 N–H and O–H groups in total. The van der Waals surface area contributed by atoms with Crippen molar-refractivity contribution in [2.75, 3.05) is 6.26 Å². The molecule has 0 aromatic carbocycles. The Hall–Kier alpha value is 0.110. The molecule has 0 radical (unpaired) electrons. The molecule has 3 unspecified atom stereocenters. The molecule has 0 amide bonds. The Morgan fingerprint density at radius 1 is 1.50 bits per heavy atom. The summed E-state index contributed by atoms with van der Waals surface area (Å²) in [4.78, 5) is 0. The summed E-state index contributed by atoms with van der Waals surface area (Å²) in [6.45, 7) is 0. The van der Waals surface area contributed by atoms with Crippen LogP contribution in [0.15, 0.2) is 0 Å². The highest BCUT2D eigenvalue weighted by Crippen LogP contribution is 2.21. The van der Waals surface area contributed by atoms with Crippen molar-refractivity contribution in [3.8, 4) is 0 Å². The zero-order chi connectivity index (χ0) is 7.56. The SMILES string of the molecule is CS(=O)C1CCCC(O)C1. The largest absolute Gasteiger partial charge is 0.393 e. The van der Waals surface area contributed by atoms with Crippen LogP contribution in [-0.2, 0) is 10.8 Å². The van der Waals surface area contributed by atoms with Crippen molar-refractivity contribution in [1.82, 2.24) is 0 Å². The third-order valence-corrected chi connectivity index (χ3v) is 3.43. The number of rotatable bonds is 1. The minimum atomic E-state index is -0.733. The average molecular weight is 162 g/mol. The maximum absolute atomic E-state index is 10.9. The van der Waals surface area contributed by atoms with E-state index < -0.39 is 10.8 Å². The molecule has 0 aliphatic heterocycles. The monoisotopic (exact) mass is 162 g/mol. The van der Waals surface area contributed by atoms with Crippen LogP contribution in [0.25, 0.3) is 0 Å². The summed E-state index contributed by atoms with van der Waals surface area (Å²) in [7, 11) is -0.733. The number of aliphatic hydroxyl groups is 1. The molecule has 1 saturated carbocycles. The molecule has 1 rings (SSSR count). The van der Waals surface area contributed by atoms with Gasteiger partial charge in [-0.1, -0.05) is 0 Å². The highest BCUT2D eigenvalue weighted by Gasteiger charge is 2.22.